The summed E-state index contributed by atoms with van der Waals surface area (Å²) in [4.78, 5) is 12.8. The number of halogens is 1. The summed E-state index contributed by atoms with van der Waals surface area (Å²) >= 11 is 0. The van der Waals surface area contributed by atoms with Crippen LogP contribution < -0.4 is 5.73 Å². The fraction of sp³-hybridized carbons (Fsp3) is 0. The topological polar surface area (TPSA) is 82.2 Å². The van der Waals surface area contributed by atoms with Gasteiger partial charge in [0.2, 0.25) is 0 Å². The van der Waals surface area contributed by atoms with Crippen LogP contribution in [0.2, 0.25) is 0 Å². The number of rotatable bonds is 2. The van der Waals surface area contributed by atoms with Crippen LogP contribution in [0.1, 0.15) is 0 Å². The zero-order valence-corrected chi connectivity index (χ0v) is 13.4. The lowest BCUT2D eigenvalue weighted by atomic mass is 10.0. The third-order valence-electron chi connectivity index (χ3n) is 4.25. The molecular formula is C19H12FN5O. The van der Waals surface area contributed by atoms with Crippen molar-refractivity contribution in [2.45, 2.75) is 0 Å². The predicted octanol–water partition coefficient (Wildman–Crippen LogP) is 3.93. The van der Waals surface area contributed by atoms with E-state index in [1.54, 1.807) is 47.5 Å². The summed E-state index contributed by atoms with van der Waals surface area (Å²) in [7, 11) is 0. The predicted molar refractivity (Wildman–Crippen MR) is 95.8 cm³/mol. The second kappa shape index (κ2) is 5.38. The number of nitrogens with zero attached hydrogens (tertiary/aromatic N) is 4. The summed E-state index contributed by atoms with van der Waals surface area (Å²) < 4.78 is 22.0. The normalized spacial score (nSPS) is 11.4. The van der Waals surface area contributed by atoms with Gasteiger partial charge in [0, 0.05) is 29.5 Å². The van der Waals surface area contributed by atoms with Crippen molar-refractivity contribution in [2.24, 2.45) is 0 Å². The van der Waals surface area contributed by atoms with Crippen molar-refractivity contribution in [1.82, 2.24) is 19.4 Å². The summed E-state index contributed by atoms with van der Waals surface area (Å²) in [5.41, 5.74) is 8.67. The molecule has 0 atom stereocenters. The van der Waals surface area contributed by atoms with Crippen LogP contribution in [0.15, 0.2) is 65.7 Å². The molecule has 0 aliphatic rings. The van der Waals surface area contributed by atoms with Crippen molar-refractivity contribution in [3.63, 3.8) is 0 Å². The Morgan fingerprint density at radius 3 is 2.85 bits per heavy atom. The van der Waals surface area contributed by atoms with E-state index in [0.717, 1.165) is 0 Å². The van der Waals surface area contributed by atoms with Crippen molar-refractivity contribution in [2.75, 3.05) is 5.73 Å². The lowest BCUT2D eigenvalue weighted by molar-refractivity contribution is 0.580. The average molecular weight is 345 g/mol. The fourth-order valence-corrected chi connectivity index (χ4v) is 3.16. The maximum Gasteiger partial charge on any atom is 0.180 e. The van der Waals surface area contributed by atoms with Gasteiger partial charge in [-0.25, -0.2) is 14.4 Å². The van der Waals surface area contributed by atoms with Gasteiger partial charge in [-0.15, -0.1) is 0 Å². The molecule has 4 heterocycles. The number of pyridine rings is 1. The Hall–Kier alpha value is -3.74. The third kappa shape index (κ3) is 2.07. The van der Waals surface area contributed by atoms with Gasteiger partial charge >= 0.3 is 0 Å². The van der Waals surface area contributed by atoms with Crippen LogP contribution in [0.3, 0.4) is 0 Å². The number of hydrogen-bond donors (Lipinski definition) is 1. The third-order valence-corrected chi connectivity index (χ3v) is 4.25. The van der Waals surface area contributed by atoms with Crippen LogP contribution in [-0.2, 0) is 0 Å². The summed E-state index contributed by atoms with van der Waals surface area (Å²) in [5, 5.41) is 0.693. The monoisotopic (exact) mass is 345 g/mol. The smallest absolute Gasteiger partial charge is 0.180 e. The highest BCUT2D eigenvalue weighted by Gasteiger charge is 2.19. The van der Waals surface area contributed by atoms with E-state index in [4.69, 9.17) is 10.2 Å². The lowest BCUT2D eigenvalue weighted by Crippen LogP contribution is -2.03. The van der Waals surface area contributed by atoms with Crippen LogP contribution in [0, 0.1) is 5.82 Å². The highest BCUT2D eigenvalue weighted by molar-refractivity contribution is 5.88. The molecule has 0 aliphatic carbocycles. The van der Waals surface area contributed by atoms with Gasteiger partial charge in [-0.2, -0.15) is 0 Å². The minimum absolute atomic E-state index is 0.271. The number of fused-ring (bicyclic) bond motifs is 2. The van der Waals surface area contributed by atoms with E-state index < -0.39 is 5.82 Å². The molecule has 5 rings (SSSR count). The largest absolute Gasteiger partial charge is 0.463 e. The number of benzene rings is 1. The minimum Gasteiger partial charge on any atom is -0.463 e. The van der Waals surface area contributed by atoms with Crippen LogP contribution in [0.25, 0.3) is 39.3 Å². The number of nitrogens with two attached hydrogens (primary N) is 1. The average Bonchev–Trinajstić information content (AvgIpc) is 3.33. The van der Waals surface area contributed by atoms with E-state index in [1.165, 1.54) is 6.07 Å². The Labute approximate surface area is 146 Å². The first-order valence-corrected chi connectivity index (χ1v) is 7.93. The maximum absolute atomic E-state index is 14.7. The molecule has 0 unspecified atom stereocenters. The van der Waals surface area contributed by atoms with Gasteiger partial charge in [-0.1, -0.05) is 6.07 Å². The SMILES string of the molecule is Nc1nc(-c2ccco2)c(-c2cc(F)c3ncccc3c2)n2ccnc12. The maximum atomic E-state index is 14.7. The van der Waals surface area contributed by atoms with E-state index >= 15 is 0 Å². The van der Waals surface area contributed by atoms with Gasteiger partial charge in [0.15, 0.2) is 17.2 Å². The molecule has 126 valence electrons. The van der Waals surface area contributed by atoms with Crippen molar-refractivity contribution in [3.8, 4) is 22.7 Å². The number of imidazole rings is 1. The van der Waals surface area contributed by atoms with Gasteiger partial charge in [0.1, 0.15) is 17.0 Å². The van der Waals surface area contributed by atoms with Crippen molar-refractivity contribution in [3.05, 3.63) is 67.1 Å². The first kappa shape index (κ1) is 14.6. The molecular weight excluding hydrogens is 333 g/mol. The second-order valence-corrected chi connectivity index (χ2v) is 5.83. The van der Waals surface area contributed by atoms with E-state index in [2.05, 4.69) is 15.0 Å². The van der Waals surface area contributed by atoms with E-state index in [0.29, 0.717) is 39.3 Å². The molecule has 26 heavy (non-hydrogen) atoms. The number of furan rings is 1. The van der Waals surface area contributed by atoms with E-state index in [-0.39, 0.29) is 5.82 Å². The second-order valence-electron chi connectivity index (χ2n) is 5.83. The Morgan fingerprint density at radius 2 is 2.00 bits per heavy atom. The molecule has 0 saturated heterocycles. The number of hydrogen-bond acceptors (Lipinski definition) is 5. The summed E-state index contributed by atoms with van der Waals surface area (Å²) in [6.07, 6.45) is 6.51. The molecule has 0 spiro atoms. The molecule has 5 aromatic rings. The summed E-state index contributed by atoms with van der Waals surface area (Å²) in [6, 6.07) is 10.4. The summed E-state index contributed by atoms with van der Waals surface area (Å²) in [6.45, 7) is 0. The highest BCUT2D eigenvalue weighted by atomic mass is 19.1. The minimum atomic E-state index is -0.409. The Bertz CT molecular complexity index is 1260. The molecule has 0 fully saturated rings. The standard InChI is InChI=1S/C19H12FN5O/c20-13-10-12(9-11-3-1-5-22-15(11)13)17-16(14-4-2-8-26-14)24-18(21)19-23-6-7-25(17)19/h1-10H,(H2,21,24). The molecule has 6 nitrogen and oxygen atoms in total. The van der Waals surface area contributed by atoms with Crippen LogP contribution in [0.4, 0.5) is 10.2 Å². The molecule has 2 N–H and O–H groups in total. The zero-order valence-electron chi connectivity index (χ0n) is 13.4. The van der Waals surface area contributed by atoms with Gasteiger partial charge in [-0.3, -0.25) is 9.38 Å². The number of aromatic nitrogens is 4. The van der Waals surface area contributed by atoms with Gasteiger partial charge < -0.3 is 10.2 Å². The zero-order chi connectivity index (χ0) is 17.7. The van der Waals surface area contributed by atoms with Gasteiger partial charge in [0.25, 0.3) is 0 Å². The van der Waals surface area contributed by atoms with Crippen molar-refractivity contribution < 1.29 is 8.81 Å². The first-order chi connectivity index (χ1) is 12.7. The van der Waals surface area contributed by atoms with Gasteiger partial charge in [0.05, 0.1) is 12.0 Å². The van der Waals surface area contributed by atoms with Crippen molar-refractivity contribution >= 4 is 22.4 Å². The Morgan fingerprint density at radius 1 is 1.08 bits per heavy atom. The lowest BCUT2D eigenvalue weighted by Gasteiger charge is -2.13. The molecule has 7 heteroatoms. The van der Waals surface area contributed by atoms with Gasteiger partial charge in [-0.05, 0) is 30.3 Å². The van der Waals surface area contributed by atoms with Crippen LogP contribution in [-0.4, -0.2) is 19.4 Å². The van der Waals surface area contributed by atoms with E-state index in [1.807, 2.05) is 12.1 Å². The molecule has 0 aliphatic heterocycles. The van der Waals surface area contributed by atoms with Crippen LogP contribution in [0.5, 0.6) is 0 Å². The van der Waals surface area contributed by atoms with E-state index in [9.17, 15) is 4.39 Å². The number of anilines is 1. The highest BCUT2D eigenvalue weighted by Crippen LogP contribution is 2.35. The Balaban J connectivity index is 1.91. The molecule has 0 amide bonds. The molecule has 1 aromatic carbocycles. The number of nitrogen functional groups attached to an aromatic ring is 1. The first-order valence-electron chi connectivity index (χ1n) is 7.93. The quantitative estimate of drug-likeness (QED) is 0.524. The molecule has 0 bridgehead atoms. The Kier molecular flexibility index (Phi) is 3.02. The van der Waals surface area contributed by atoms with Crippen molar-refractivity contribution in [1.29, 1.82) is 0 Å². The fourth-order valence-electron chi connectivity index (χ4n) is 3.16. The molecule has 0 saturated carbocycles. The molecule has 0 radical (unpaired) electrons. The summed E-state index contributed by atoms with van der Waals surface area (Å²) in [5.74, 6) is 0.399. The van der Waals surface area contributed by atoms with Crippen LogP contribution >= 0.6 is 0 Å². The molecule has 4 aromatic heterocycles.